The first-order chi connectivity index (χ1) is 10.9. The minimum absolute atomic E-state index is 0.00490. The molecule has 1 fully saturated rings. The number of amides is 1. The summed E-state index contributed by atoms with van der Waals surface area (Å²) in [5.74, 6) is 0.426. The van der Waals surface area contributed by atoms with E-state index in [0.717, 1.165) is 6.54 Å². The molecule has 0 aliphatic carbocycles. The van der Waals surface area contributed by atoms with E-state index in [2.05, 4.69) is 21.9 Å². The van der Waals surface area contributed by atoms with Gasteiger partial charge in [-0.1, -0.05) is 6.92 Å². The van der Waals surface area contributed by atoms with Crippen molar-refractivity contribution in [1.29, 1.82) is 0 Å². The number of likely N-dealkylation sites (tertiary alicyclic amines) is 1. The van der Waals surface area contributed by atoms with Crippen LogP contribution in [0.2, 0.25) is 0 Å². The Balaban J connectivity index is 1.83. The van der Waals surface area contributed by atoms with Crippen LogP contribution in [0.15, 0.2) is 17.1 Å². The predicted molar refractivity (Wildman–Crippen MR) is 87.5 cm³/mol. The van der Waals surface area contributed by atoms with Crippen molar-refractivity contribution < 1.29 is 4.79 Å². The highest BCUT2D eigenvalue weighted by atomic mass is 16.2. The molecule has 2 aromatic heterocycles. The van der Waals surface area contributed by atoms with E-state index in [1.807, 2.05) is 19.0 Å². The van der Waals surface area contributed by atoms with E-state index in [9.17, 15) is 9.59 Å². The monoisotopic (exact) mass is 317 g/mol. The number of carbonyl (C=O) groups excluding carboxylic acids is 1. The number of likely N-dealkylation sites (N-methyl/N-ethyl adjacent to an activating group) is 1. The molecular weight excluding hydrogens is 294 g/mol. The van der Waals surface area contributed by atoms with E-state index in [-0.39, 0.29) is 17.9 Å². The lowest BCUT2D eigenvalue weighted by Gasteiger charge is -2.22. The summed E-state index contributed by atoms with van der Waals surface area (Å²) in [6.07, 6.45) is 1.77. The predicted octanol–water partition coefficient (Wildman–Crippen LogP) is 0.282. The molecule has 0 unspecified atom stereocenters. The molecule has 7 heteroatoms. The van der Waals surface area contributed by atoms with Crippen molar-refractivity contribution in [3.8, 4) is 0 Å². The lowest BCUT2D eigenvalue weighted by molar-refractivity contribution is -0.129. The number of carbonyl (C=O) groups is 1. The van der Waals surface area contributed by atoms with Crippen molar-refractivity contribution in [2.45, 2.75) is 26.3 Å². The highest BCUT2D eigenvalue weighted by Gasteiger charge is 2.33. The van der Waals surface area contributed by atoms with E-state index in [0.29, 0.717) is 35.4 Å². The van der Waals surface area contributed by atoms with Crippen LogP contribution in [0.5, 0.6) is 0 Å². The summed E-state index contributed by atoms with van der Waals surface area (Å²) < 4.78 is 1.38. The van der Waals surface area contributed by atoms with Gasteiger partial charge in [0, 0.05) is 42.7 Å². The second-order valence-electron chi connectivity index (χ2n) is 6.62. The molecular formula is C16H23N5O2. The fourth-order valence-electron chi connectivity index (χ4n) is 3.40. The molecule has 2 aromatic rings. The van der Waals surface area contributed by atoms with E-state index in [1.165, 1.54) is 4.52 Å². The van der Waals surface area contributed by atoms with Crippen LogP contribution in [0.25, 0.3) is 5.65 Å². The first-order valence-electron chi connectivity index (χ1n) is 7.88. The molecule has 3 rings (SSSR count). The van der Waals surface area contributed by atoms with Crippen LogP contribution >= 0.6 is 0 Å². The molecule has 0 bridgehead atoms. The van der Waals surface area contributed by atoms with Crippen molar-refractivity contribution in [2.24, 2.45) is 5.92 Å². The Hall–Kier alpha value is -2.15. The Kier molecular flexibility index (Phi) is 3.97. The summed E-state index contributed by atoms with van der Waals surface area (Å²) >= 11 is 0. The van der Waals surface area contributed by atoms with Gasteiger partial charge in [0.15, 0.2) is 5.65 Å². The SMILES string of the molecule is Cc1nc2cc[nH]n2c(=O)c1CC(=O)N1C[C@H](C)[C@@H](N(C)C)C1. The zero-order valence-electron chi connectivity index (χ0n) is 14.0. The Morgan fingerprint density at radius 2 is 2.17 bits per heavy atom. The highest BCUT2D eigenvalue weighted by molar-refractivity contribution is 5.79. The third-order valence-corrected chi connectivity index (χ3v) is 4.76. The van der Waals surface area contributed by atoms with Crippen LogP contribution in [0.3, 0.4) is 0 Å². The smallest absolute Gasteiger partial charge is 0.276 e. The van der Waals surface area contributed by atoms with Crippen LogP contribution in [0.4, 0.5) is 0 Å². The topological polar surface area (TPSA) is 73.7 Å². The van der Waals surface area contributed by atoms with Gasteiger partial charge in [0.1, 0.15) is 0 Å². The van der Waals surface area contributed by atoms with Crippen LogP contribution < -0.4 is 5.56 Å². The van der Waals surface area contributed by atoms with Gasteiger partial charge in [0.25, 0.3) is 5.56 Å². The summed E-state index contributed by atoms with van der Waals surface area (Å²) in [5, 5.41) is 2.84. The molecule has 1 amide bonds. The molecule has 1 aliphatic rings. The molecule has 0 spiro atoms. The lowest BCUT2D eigenvalue weighted by atomic mass is 10.1. The quantitative estimate of drug-likeness (QED) is 0.882. The van der Waals surface area contributed by atoms with Gasteiger partial charge in [-0.15, -0.1) is 0 Å². The fraction of sp³-hybridized carbons (Fsp3) is 0.562. The minimum atomic E-state index is -0.192. The first-order valence-corrected chi connectivity index (χ1v) is 7.88. The van der Waals surface area contributed by atoms with Crippen molar-refractivity contribution in [2.75, 3.05) is 27.2 Å². The number of aromatic amines is 1. The van der Waals surface area contributed by atoms with Crippen molar-refractivity contribution in [3.63, 3.8) is 0 Å². The third kappa shape index (κ3) is 2.76. The van der Waals surface area contributed by atoms with Gasteiger partial charge in [-0.05, 0) is 26.9 Å². The summed E-state index contributed by atoms with van der Waals surface area (Å²) in [5.41, 5.74) is 1.48. The van der Waals surface area contributed by atoms with Gasteiger partial charge < -0.3 is 9.80 Å². The molecule has 0 saturated carbocycles. The first kappa shape index (κ1) is 15.7. The maximum Gasteiger partial charge on any atom is 0.276 e. The zero-order chi connectivity index (χ0) is 16.7. The molecule has 7 nitrogen and oxygen atoms in total. The number of rotatable bonds is 3. The molecule has 0 aromatic carbocycles. The average molecular weight is 317 g/mol. The van der Waals surface area contributed by atoms with Crippen molar-refractivity contribution >= 4 is 11.6 Å². The number of fused-ring (bicyclic) bond motifs is 1. The number of nitrogens with zero attached hydrogens (tertiary/aromatic N) is 4. The Morgan fingerprint density at radius 3 is 2.83 bits per heavy atom. The minimum Gasteiger partial charge on any atom is -0.340 e. The number of nitrogens with one attached hydrogen (secondary N) is 1. The fourth-order valence-corrected chi connectivity index (χ4v) is 3.40. The van der Waals surface area contributed by atoms with Crippen LogP contribution in [-0.4, -0.2) is 63.5 Å². The zero-order valence-corrected chi connectivity index (χ0v) is 14.0. The van der Waals surface area contributed by atoms with Gasteiger partial charge in [-0.2, -0.15) is 0 Å². The molecule has 1 N–H and O–H groups in total. The van der Waals surface area contributed by atoms with Crippen LogP contribution in [0, 0.1) is 12.8 Å². The maximum absolute atomic E-state index is 12.6. The largest absolute Gasteiger partial charge is 0.340 e. The van der Waals surface area contributed by atoms with Crippen molar-refractivity contribution in [1.82, 2.24) is 24.4 Å². The molecule has 1 saturated heterocycles. The Labute approximate surface area is 134 Å². The molecule has 1 aliphatic heterocycles. The molecule has 2 atom stereocenters. The van der Waals surface area contributed by atoms with Gasteiger partial charge in [-0.3, -0.25) is 14.7 Å². The van der Waals surface area contributed by atoms with E-state index in [4.69, 9.17) is 0 Å². The third-order valence-electron chi connectivity index (χ3n) is 4.76. The lowest BCUT2D eigenvalue weighted by Crippen LogP contribution is -2.37. The number of hydrogen-bond donors (Lipinski definition) is 1. The molecule has 124 valence electrons. The molecule has 0 radical (unpaired) electrons. The van der Waals surface area contributed by atoms with Crippen molar-refractivity contribution in [3.05, 3.63) is 33.9 Å². The Bertz CT molecular complexity index is 791. The molecule has 23 heavy (non-hydrogen) atoms. The summed E-state index contributed by atoms with van der Waals surface area (Å²) in [6.45, 7) is 5.39. The summed E-state index contributed by atoms with van der Waals surface area (Å²) in [4.78, 5) is 33.5. The normalized spacial score (nSPS) is 21.5. The number of aryl methyl sites for hydroxylation is 1. The van der Waals surface area contributed by atoms with Gasteiger partial charge in [0.2, 0.25) is 5.91 Å². The van der Waals surface area contributed by atoms with E-state index < -0.39 is 0 Å². The number of hydrogen-bond acceptors (Lipinski definition) is 4. The summed E-state index contributed by atoms with van der Waals surface area (Å²) in [7, 11) is 4.07. The molecule has 3 heterocycles. The number of aromatic nitrogens is 3. The van der Waals surface area contributed by atoms with E-state index >= 15 is 0 Å². The average Bonchev–Trinajstić information content (AvgIpc) is 3.09. The van der Waals surface area contributed by atoms with Crippen LogP contribution in [-0.2, 0) is 11.2 Å². The number of H-pyrrole nitrogens is 1. The van der Waals surface area contributed by atoms with Gasteiger partial charge >= 0.3 is 0 Å². The van der Waals surface area contributed by atoms with Gasteiger partial charge in [0.05, 0.1) is 6.42 Å². The van der Waals surface area contributed by atoms with Gasteiger partial charge in [-0.25, -0.2) is 9.50 Å². The standard InChI is InChI=1S/C16H23N5O2/c1-10-8-20(9-13(10)19(3)4)15(22)7-12-11(2)18-14-5-6-17-21(14)16(12)23/h5-6,10,13,17H,7-9H2,1-4H3/t10-,13-/m0/s1. The Morgan fingerprint density at radius 1 is 1.43 bits per heavy atom. The summed E-state index contributed by atoms with van der Waals surface area (Å²) in [6, 6.07) is 2.11. The van der Waals surface area contributed by atoms with Crippen LogP contribution in [0.1, 0.15) is 18.2 Å². The second kappa shape index (κ2) is 5.81. The van der Waals surface area contributed by atoms with E-state index in [1.54, 1.807) is 19.2 Å². The highest BCUT2D eigenvalue weighted by Crippen LogP contribution is 2.20. The second-order valence-corrected chi connectivity index (χ2v) is 6.62. The maximum atomic E-state index is 12.6.